The lowest BCUT2D eigenvalue weighted by atomic mass is 10.0. The largest absolute Gasteiger partial charge is 0.366 e. The average Bonchev–Trinajstić information content (AvgIpc) is 3.61. The van der Waals surface area contributed by atoms with Crippen LogP contribution in [0, 0.1) is 12.8 Å². The van der Waals surface area contributed by atoms with Gasteiger partial charge >= 0.3 is 0 Å². The van der Waals surface area contributed by atoms with Crippen LogP contribution in [0.15, 0.2) is 47.6 Å². The molecule has 2 aromatic carbocycles. The van der Waals surface area contributed by atoms with Crippen LogP contribution in [0.3, 0.4) is 0 Å². The van der Waals surface area contributed by atoms with Crippen LogP contribution in [-0.2, 0) is 4.79 Å². The number of nitrogens with one attached hydrogen (secondary N) is 3. The molecule has 4 atom stereocenters. The molecule has 0 radical (unpaired) electrons. The number of amides is 2. The molecule has 4 heterocycles. The van der Waals surface area contributed by atoms with Gasteiger partial charge in [0.1, 0.15) is 17.6 Å². The molecule has 2 amide bonds. The number of alkyl halides is 1. The Morgan fingerprint density at radius 1 is 1.13 bits per heavy atom. The van der Waals surface area contributed by atoms with E-state index in [0.717, 1.165) is 51.9 Å². The van der Waals surface area contributed by atoms with Crippen LogP contribution in [0.1, 0.15) is 35.3 Å². The van der Waals surface area contributed by atoms with E-state index in [9.17, 15) is 14.0 Å². The van der Waals surface area contributed by atoms with Crippen molar-refractivity contribution in [2.24, 2.45) is 10.9 Å². The number of pyridine rings is 1. The van der Waals surface area contributed by atoms with E-state index < -0.39 is 12.1 Å². The molecule has 3 aliphatic heterocycles. The van der Waals surface area contributed by atoms with Crippen LogP contribution in [0.5, 0.6) is 0 Å². The number of fused-ring (bicyclic) bond motifs is 2. The van der Waals surface area contributed by atoms with E-state index in [2.05, 4.69) is 44.0 Å². The highest BCUT2D eigenvalue weighted by Crippen LogP contribution is 2.46. The predicted octanol–water partition coefficient (Wildman–Crippen LogP) is 3.97. The van der Waals surface area contributed by atoms with E-state index in [4.69, 9.17) is 4.99 Å². The van der Waals surface area contributed by atoms with Crippen molar-refractivity contribution in [2.75, 3.05) is 35.7 Å². The van der Waals surface area contributed by atoms with Crippen LogP contribution < -0.4 is 20.9 Å². The molecule has 3 aromatic rings. The number of aryl methyl sites for hydroxylation is 1. The Morgan fingerprint density at radius 3 is 2.59 bits per heavy atom. The number of anilines is 3. The SMILES string of the molecule is CNC(=O)c1ncc(NC2=Nc3c(N4C[C@H]5CC[C@@H](C4)N5C(=O)[C@H]4C[C@@H]4F)ccc4cccc(c34)N2)cc1C. The van der Waals surface area contributed by atoms with Gasteiger partial charge in [-0.3, -0.25) is 9.59 Å². The molecule has 3 N–H and O–H groups in total. The number of nitrogens with zero attached hydrogens (tertiary/aromatic N) is 4. The number of carbonyl (C=O) groups is 2. The standard InChI is InChI=1S/C29H30FN7O2/c1-15-10-17(12-32-25(15)27(38)31-2)33-29-34-22-5-3-4-16-6-9-23(26(35-29)24(16)22)36-13-18-7-8-19(14-36)37(18)28(39)20-11-21(20)30/h3-6,9-10,12,18-21H,7-8,11,13-14H2,1-2H3,(H,31,38)(H2,33,34,35)/t18-,19+,20-,21-/m0/s1. The van der Waals surface area contributed by atoms with Crippen LogP contribution in [-0.4, -0.2) is 66.1 Å². The summed E-state index contributed by atoms with van der Waals surface area (Å²) in [6.07, 6.45) is 2.92. The number of rotatable bonds is 4. The lowest BCUT2D eigenvalue weighted by Gasteiger charge is -2.43. The molecule has 9 nitrogen and oxygen atoms in total. The Morgan fingerprint density at radius 2 is 1.90 bits per heavy atom. The highest BCUT2D eigenvalue weighted by molar-refractivity contribution is 6.18. The zero-order valence-electron chi connectivity index (χ0n) is 21.9. The Hall–Kier alpha value is -4.21. The summed E-state index contributed by atoms with van der Waals surface area (Å²) in [5.74, 6) is -0.0978. The average molecular weight is 528 g/mol. The minimum atomic E-state index is -0.968. The lowest BCUT2D eigenvalue weighted by Crippen LogP contribution is -2.56. The van der Waals surface area contributed by atoms with E-state index in [-0.39, 0.29) is 23.9 Å². The van der Waals surface area contributed by atoms with Gasteiger partial charge in [-0.15, -0.1) is 0 Å². The molecule has 0 unspecified atom stereocenters. The van der Waals surface area contributed by atoms with Gasteiger partial charge < -0.3 is 25.8 Å². The number of halogens is 1. The minimum absolute atomic E-state index is 0.00293. The van der Waals surface area contributed by atoms with Crippen molar-refractivity contribution in [3.63, 3.8) is 0 Å². The number of carbonyl (C=O) groups excluding carboxylic acids is 2. The monoisotopic (exact) mass is 527 g/mol. The van der Waals surface area contributed by atoms with Crippen LogP contribution in [0.25, 0.3) is 10.8 Å². The Balaban J connectivity index is 1.21. The van der Waals surface area contributed by atoms with Crippen LogP contribution >= 0.6 is 0 Å². The summed E-state index contributed by atoms with van der Waals surface area (Å²) >= 11 is 0. The first-order valence-corrected chi connectivity index (χ1v) is 13.5. The van der Waals surface area contributed by atoms with Gasteiger partial charge in [-0.1, -0.05) is 18.2 Å². The van der Waals surface area contributed by atoms with Crippen molar-refractivity contribution in [1.29, 1.82) is 0 Å². The van der Waals surface area contributed by atoms with Crippen molar-refractivity contribution in [3.8, 4) is 0 Å². The van der Waals surface area contributed by atoms with Gasteiger partial charge in [0, 0.05) is 37.6 Å². The summed E-state index contributed by atoms with van der Waals surface area (Å²) in [4.78, 5) is 38.7. The van der Waals surface area contributed by atoms with Crippen molar-refractivity contribution in [2.45, 2.75) is 44.4 Å². The van der Waals surface area contributed by atoms with Crippen molar-refractivity contribution in [3.05, 3.63) is 53.9 Å². The molecule has 4 aliphatic rings. The molecule has 1 aromatic heterocycles. The van der Waals surface area contributed by atoms with Gasteiger partial charge in [0.25, 0.3) is 5.91 Å². The second-order valence-electron chi connectivity index (χ2n) is 10.9. The summed E-state index contributed by atoms with van der Waals surface area (Å²) < 4.78 is 13.7. The smallest absolute Gasteiger partial charge is 0.269 e. The third kappa shape index (κ3) is 3.97. The number of piperazine rings is 1. The van der Waals surface area contributed by atoms with E-state index in [1.165, 1.54) is 0 Å². The van der Waals surface area contributed by atoms with Crippen LogP contribution in [0.2, 0.25) is 0 Å². The fraction of sp³-hybridized carbons (Fsp3) is 0.379. The number of hydrogen-bond acceptors (Lipinski definition) is 7. The molecule has 2 bridgehead atoms. The Bertz CT molecular complexity index is 1540. The Labute approximate surface area is 225 Å². The number of aliphatic imine (C=N–C) groups is 1. The lowest BCUT2D eigenvalue weighted by molar-refractivity contribution is -0.136. The van der Waals surface area contributed by atoms with E-state index in [1.807, 2.05) is 30.0 Å². The highest BCUT2D eigenvalue weighted by Gasteiger charge is 2.51. The summed E-state index contributed by atoms with van der Waals surface area (Å²) in [5.41, 5.74) is 4.71. The molecular weight excluding hydrogens is 497 g/mol. The van der Waals surface area contributed by atoms with Gasteiger partial charge in [-0.25, -0.2) is 14.4 Å². The molecule has 10 heteroatoms. The zero-order valence-corrected chi connectivity index (χ0v) is 21.9. The Kier molecular flexibility index (Phi) is 5.47. The summed E-state index contributed by atoms with van der Waals surface area (Å²) in [7, 11) is 1.58. The zero-order chi connectivity index (χ0) is 26.8. The first kappa shape index (κ1) is 23.9. The maximum Gasteiger partial charge on any atom is 0.269 e. The third-order valence-electron chi connectivity index (χ3n) is 8.36. The second-order valence-corrected chi connectivity index (χ2v) is 10.9. The van der Waals surface area contributed by atoms with E-state index in [0.29, 0.717) is 31.2 Å². The molecule has 1 aliphatic carbocycles. The predicted molar refractivity (Wildman–Crippen MR) is 150 cm³/mol. The summed E-state index contributed by atoms with van der Waals surface area (Å²) in [6.45, 7) is 3.27. The fourth-order valence-corrected chi connectivity index (χ4v) is 6.35. The number of benzene rings is 2. The van der Waals surface area contributed by atoms with Crippen LogP contribution in [0.4, 0.5) is 27.1 Å². The number of hydrogen-bond donors (Lipinski definition) is 3. The number of aromatic nitrogens is 1. The summed E-state index contributed by atoms with van der Waals surface area (Å²) in [6, 6.07) is 12.4. The molecule has 3 fully saturated rings. The second kappa shape index (κ2) is 8.93. The van der Waals surface area contributed by atoms with Gasteiger partial charge in [0.05, 0.1) is 29.2 Å². The van der Waals surface area contributed by atoms with Crippen molar-refractivity contribution >= 4 is 51.3 Å². The minimum Gasteiger partial charge on any atom is -0.366 e. The van der Waals surface area contributed by atoms with Gasteiger partial charge in [0.15, 0.2) is 0 Å². The number of guanidine groups is 1. The van der Waals surface area contributed by atoms with Crippen molar-refractivity contribution in [1.82, 2.24) is 15.2 Å². The molecular formula is C29H30FN7O2. The molecule has 0 spiro atoms. The van der Waals surface area contributed by atoms with E-state index in [1.54, 1.807) is 13.2 Å². The topological polar surface area (TPSA) is 102 Å². The molecule has 39 heavy (non-hydrogen) atoms. The molecule has 7 rings (SSSR count). The molecule has 1 saturated carbocycles. The third-order valence-corrected chi connectivity index (χ3v) is 8.36. The van der Waals surface area contributed by atoms with Gasteiger partial charge in [-0.2, -0.15) is 0 Å². The normalized spacial score (nSPS) is 24.7. The molecule has 200 valence electrons. The quantitative estimate of drug-likeness (QED) is 0.475. The fourth-order valence-electron chi connectivity index (χ4n) is 6.35. The van der Waals surface area contributed by atoms with Gasteiger partial charge in [0.2, 0.25) is 11.9 Å². The van der Waals surface area contributed by atoms with E-state index >= 15 is 0 Å². The maximum absolute atomic E-state index is 13.7. The summed E-state index contributed by atoms with van der Waals surface area (Å²) in [5, 5.41) is 11.5. The highest BCUT2D eigenvalue weighted by atomic mass is 19.1. The first-order valence-electron chi connectivity index (χ1n) is 13.5. The van der Waals surface area contributed by atoms with Gasteiger partial charge in [-0.05, 0) is 55.3 Å². The van der Waals surface area contributed by atoms with Crippen molar-refractivity contribution < 1.29 is 14.0 Å². The molecule has 2 saturated heterocycles. The maximum atomic E-state index is 13.7. The first-order chi connectivity index (χ1) is 18.9.